The highest BCUT2D eigenvalue weighted by Gasteiger charge is 1.99. The number of rotatable bonds is 9. The number of unbranched alkanes of at least 4 members (excludes halogenated alkanes) is 3. The van der Waals surface area contributed by atoms with Gasteiger partial charge < -0.3 is 10.2 Å². The molecule has 2 N–H and O–H groups in total. The van der Waals surface area contributed by atoms with Gasteiger partial charge in [-0.2, -0.15) is 0 Å². The lowest BCUT2D eigenvalue weighted by Gasteiger charge is -1.99. The Balaban J connectivity index is 2.14. The van der Waals surface area contributed by atoms with E-state index in [0.29, 0.717) is 0 Å². The van der Waals surface area contributed by atoms with Crippen LogP contribution in [0, 0.1) is 0 Å². The largest absolute Gasteiger partial charge is 0.396 e. The van der Waals surface area contributed by atoms with Crippen molar-refractivity contribution in [2.75, 3.05) is 13.2 Å². The molecule has 0 bridgehead atoms. The summed E-state index contributed by atoms with van der Waals surface area (Å²) in [6.07, 6.45) is 7.63. The molecule has 0 fully saturated rings. The van der Waals surface area contributed by atoms with Gasteiger partial charge in [-0.05, 0) is 25.7 Å². The smallest absolute Gasteiger partial charge is 0.0828 e. The second-order valence-electron chi connectivity index (χ2n) is 3.94. The van der Waals surface area contributed by atoms with Crippen LogP contribution in [0.15, 0.2) is 6.20 Å². The fourth-order valence-corrected chi connectivity index (χ4v) is 1.56. The molecule has 5 nitrogen and oxygen atoms in total. The van der Waals surface area contributed by atoms with Crippen molar-refractivity contribution in [2.24, 2.45) is 0 Å². The Morgan fingerprint density at radius 1 is 1.00 bits per heavy atom. The second kappa shape index (κ2) is 8.24. The third-order valence-corrected chi connectivity index (χ3v) is 2.47. The van der Waals surface area contributed by atoms with Gasteiger partial charge in [0.1, 0.15) is 0 Å². The number of aliphatic hydroxyl groups is 2. The van der Waals surface area contributed by atoms with E-state index in [1.807, 2.05) is 10.9 Å². The minimum absolute atomic E-state index is 0.202. The third-order valence-electron chi connectivity index (χ3n) is 2.47. The molecule has 0 radical (unpaired) electrons. The van der Waals surface area contributed by atoms with Crippen LogP contribution in [0.5, 0.6) is 0 Å². The fourth-order valence-electron chi connectivity index (χ4n) is 1.56. The molecule has 1 aromatic rings. The van der Waals surface area contributed by atoms with Crippen LogP contribution >= 0.6 is 0 Å². The van der Waals surface area contributed by atoms with Crippen LogP contribution in [-0.4, -0.2) is 38.4 Å². The van der Waals surface area contributed by atoms with Gasteiger partial charge in [-0.15, -0.1) is 5.10 Å². The average molecular weight is 227 g/mol. The van der Waals surface area contributed by atoms with Gasteiger partial charge in [-0.3, -0.25) is 4.68 Å². The molecule has 0 saturated heterocycles. The van der Waals surface area contributed by atoms with Crippen molar-refractivity contribution in [2.45, 2.75) is 45.1 Å². The molecule has 92 valence electrons. The quantitative estimate of drug-likeness (QED) is 0.611. The maximum absolute atomic E-state index is 8.68. The summed E-state index contributed by atoms with van der Waals surface area (Å²) in [4.78, 5) is 0. The molecule has 0 aliphatic heterocycles. The Kier molecular flexibility index (Phi) is 6.76. The van der Waals surface area contributed by atoms with E-state index in [1.54, 1.807) is 0 Å². The van der Waals surface area contributed by atoms with Gasteiger partial charge >= 0.3 is 0 Å². The maximum Gasteiger partial charge on any atom is 0.0828 e. The lowest BCUT2D eigenvalue weighted by molar-refractivity contribution is 0.282. The number of aromatic nitrogens is 3. The van der Waals surface area contributed by atoms with Crippen molar-refractivity contribution in [3.63, 3.8) is 0 Å². The van der Waals surface area contributed by atoms with Crippen LogP contribution in [0.25, 0.3) is 0 Å². The molecule has 0 unspecified atom stereocenters. The fraction of sp³-hybridized carbons (Fsp3) is 0.818. The first-order valence-electron chi connectivity index (χ1n) is 5.97. The van der Waals surface area contributed by atoms with Crippen molar-refractivity contribution in [1.29, 1.82) is 0 Å². The minimum atomic E-state index is 0.202. The SMILES string of the molecule is OCCCCCCn1cc(CCCO)nn1. The molecule has 0 saturated carbocycles. The van der Waals surface area contributed by atoms with Crippen LogP contribution < -0.4 is 0 Å². The normalized spacial score (nSPS) is 10.9. The van der Waals surface area contributed by atoms with Crippen molar-refractivity contribution < 1.29 is 10.2 Å². The van der Waals surface area contributed by atoms with Gasteiger partial charge in [0, 0.05) is 26.0 Å². The van der Waals surface area contributed by atoms with E-state index in [4.69, 9.17) is 10.2 Å². The Hall–Kier alpha value is -0.940. The van der Waals surface area contributed by atoms with Crippen LogP contribution in [0.1, 0.15) is 37.8 Å². The van der Waals surface area contributed by atoms with E-state index in [1.165, 1.54) is 0 Å². The number of hydrogen-bond acceptors (Lipinski definition) is 4. The van der Waals surface area contributed by atoms with Crippen LogP contribution in [0.4, 0.5) is 0 Å². The topological polar surface area (TPSA) is 71.2 Å². The highest BCUT2D eigenvalue weighted by molar-refractivity contribution is 4.91. The molecule has 1 heterocycles. The highest BCUT2D eigenvalue weighted by Crippen LogP contribution is 2.03. The molecule has 0 aromatic carbocycles. The van der Waals surface area contributed by atoms with Crippen molar-refractivity contribution in [1.82, 2.24) is 15.0 Å². The summed E-state index contributed by atoms with van der Waals surface area (Å²) in [6, 6.07) is 0. The average Bonchev–Trinajstić information content (AvgIpc) is 2.74. The molecule has 1 rings (SSSR count). The summed E-state index contributed by atoms with van der Waals surface area (Å²) in [5.41, 5.74) is 0.949. The highest BCUT2D eigenvalue weighted by atomic mass is 16.3. The summed E-state index contributed by atoms with van der Waals surface area (Å²) in [6.45, 7) is 1.38. The minimum Gasteiger partial charge on any atom is -0.396 e. The first kappa shape index (κ1) is 13.1. The Morgan fingerprint density at radius 3 is 2.50 bits per heavy atom. The Labute approximate surface area is 96.1 Å². The number of hydrogen-bond donors (Lipinski definition) is 2. The van der Waals surface area contributed by atoms with Crippen LogP contribution in [-0.2, 0) is 13.0 Å². The van der Waals surface area contributed by atoms with E-state index < -0.39 is 0 Å². The zero-order valence-electron chi connectivity index (χ0n) is 9.68. The third kappa shape index (κ3) is 5.23. The van der Waals surface area contributed by atoms with E-state index in [2.05, 4.69) is 10.3 Å². The standard InChI is InChI=1S/C11H21N3O2/c15-8-4-2-1-3-7-14-10-11(12-13-14)6-5-9-16/h10,15-16H,1-9H2. The molecular formula is C11H21N3O2. The van der Waals surface area contributed by atoms with Gasteiger partial charge in [0.25, 0.3) is 0 Å². The molecule has 1 aromatic heterocycles. The van der Waals surface area contributed by atoms with Crippen molar-refractivity contribution >= 4 is 0 Å². The van der Waals surface area contributed by atoms with Gasteiger partial charge in [0.2, 0.25) is 0 Å². The first-order valence-corrected chi connectivity index (χ1v) is 5.97. The van der Waals surface area contributed by atoms with E-state index in [0.717, 1.165) is 50.8 Å². The lowest BCUT2D eigenvalue weighted by Crippen LogP contribution is -1.98. The number of aryl methyl sites for hydroxylation is 2. The summed E-state index contributed by atoms with van der Waals surface area (Å²) in [7, 11) is 0. The summed E-state index contributed by atoms with van der Waals surface area (Å²) < 4.78 is 1.85. The van der Waals surface area contributed by atoms with Gasteiger partial charge in [-0.1, -0.05) is 18.1 Å². The molecule has 0 amide bonds. The van der Waals surface area contributed by atoms with E-state index in [-0.39, 0.29) is 13.2 Å². The first-order chi connectivity index (χ1) is 7.86. The molecule has 0 aliphatic rings. The van der Waals surface area contributed by atoms with E-state index >= 15 is 0 Å². The molecule has 0 spiro atoms. The summed E-state index contributed by atoms with van der Waals surface area (Å²) in [5.74, 6) is 0. The summed E-state index contributed by atoms with van der Waals surface area (Å²) >= 11 is 0. The maximum atomic E-state index is 8.68. The van der Waals surface area contributed by atoms with Gasteiger partial charge in [0.05, 0.1) is 5.69 Å². The van der Waals surface area contributed by atoms with Crippen molar-refractivity contribution in [3.8, 4) is 0 Å². The zero-order chi connectivity index (χ0) is 11.6. The monoisotopic (exact) mass is 227 g/mol. The molecule has 5 heteroatoms. The molecule has 0 atom stereocenters. The zero-order valence-corrected chi connectivity index (χ0v) is 9.68. The van der Waals surface area contributed by atoms with Gasteiger partial charge in [0.15, 0.2) is 0 Å². The second-order valence-corrected chi connectivity index (χ2v) is 3.94. The molecular weight excluding hydrogens is 206 g/mol. The number of aliphatic hydroxyl groups excluding tert-OH is 2. The Bertz CT molecular complexity index is 276. The van der Waals surface area contributed by atoms with E-state index in [9.17, 15) is 0 Å². The number of nitrogens with zero attached hydrogens (tertiary/aromatic N) is 3. The predicted molar refractivity (Wildman–Crippen MR) is 61.0 cm³/mol. The van der Waals surface area contributed by atoms with Crippen molar-refractivity contribution in [3.05, 3.63) is 11.9 Å². The molecule has 16 heavy (non-hydrogen) atoms. The predicted octanol–water partition coefficient (Wildman–Crippen LogP) is 0.756. The Morgan fingerprint density at radius 2 is 1.75 bits per heavy atom. The van der Waals surface area contributed by atoms with Crippen LogP contribution in [0.2, 0.25) is 0 Å². The lowest BCUT2D eigenvalue weighted by atomic mass is 10.2. The molecule has 0 aliphatic carbocycles. The van der Waals surface area contributed by atoms with Crippen LogP contribution in [0.3, 0.4) is 0 Å². The summed E-state index contributed by atoms with van der Waals surface area (Å²) in [5, 5.41) is 25.4. The van der Waals surface area contributed by atoms with Gasteiger partial charge in [-0.25, -0.2) is 0 Å².